The minimum atomic E-state index is -0.503. The van der Waals surface area contributed by atoms with Crippen molar-refractivity contribution in [2.45, 2.75) is 20.3 Å². The molecule has 0 unspecified atom stereocenters. The molecule has 0 aliphatic heterocycles. The van der Waals surface area contributed by atoms with Gasteiger partial charge in [-0.05, 0) is 19.9 Å². The molecule has 0 aromatic carbocycles. The number of hydrogen-bond acceptors (Lipinski definition) is 5. The van der Waals surface area contributed by atoms with Crippen molar-refractivity contribution >= 4 is 11.7 Å². The lowest BCUT2D eigenvalue weighted by atomic mass is 10.2. The van der Waals surface area contributed by atoms with Crippen LogP contribution in [0.25, 0.3) is 0 Å². The predicted molar refractivity (Wildman–Crippen MR) is 56.0 cm³/mol. The quantitative estimate of drug-likeness (QED) is 0.438. The van der Waals surface area contributed by atoms with Crippen molar-refractivity contribution in [2.24, 2.45) is 0 Å². The van der Waals surface area contributed by atoms with Gasteiger partial charge in [0.1, 0.15) is 6.20 Å². The molecular weight excluding hydrogens is 212 g/mol. The first-order valence-electron chi connectivity index (χ1n) is 4.80. The summed E-state index contributed by atoms with van der Waals surface area (Å²) in [6, 6.07) is 1.52. The van der Waals surface area contributed by atoms with Gasteiger partial charge in [-0.3, -0.25) is 19.9 Å². The fourth-order valence-corrected chi connectivity index (χ4v) is 1.25. The monoisotopic (exact) mass is 224 g/mol. The Morgan fingerprint density at radius 1 is 1.62 bits per heavy atom. The van der Waals surface area contributed by atoms with Gasteiger partial charge in [0, 0.05) is 5.56 Å². The Kier molecular flexibility index (Phi) is 3.93. The third-order valence-electron chi connectivity index (χ3n) is 1.97. The summed E-state index contributed by atoms with van der Waals surface area (Å²) in [5.41, 5.74) is 0.911. The Bertz CT molecular complexity index is 417. The normalized spacial score (nSPS) is 9.88. The van der Waals surface area contributed by atoms with E-state index in [4.69, 9.17) is 4.74 Å². The first kappa shape index (κ1) is 12.1. The average molecular weight is 224 g/mol. The number of hydrogen-bond donors (Lipinski definition) is 0. The summed E-state index contributed by atoms with van der Waals surface area (Å²) >= 11 is 0. The van der Waals surface area contributed by atoms with E-state index in [0.717, 1.165) is 6.20 Å². The molecule has 0 N–H and O–H groups in total. The zero-order chi connectivity index (χ0) is 12.1. The van der Waals surface area contributed by atoms with Crippen molar-refractivity contribution in [3.63, 3.8) is 0 Å². The largest absolute Gasteiger partial charge is 0.466 e. The molecule has 6 nitrogen and oxygen atoms in total. The third-order valence-corrected chi connectivity index (χ3v) is 1.97. The number of carbonyl (C=O) groups is 1. The second kappa shape index (κ2) is 5.20. The van der Waals surface area contributed by atoms with Gasteiger partial charge >= 0.3 is 5.97 Å². The molecule has 0 radical (unpaired) electrons. The van der Waals surface area contributed by atoms with E-state index in [1.54, 1.807) is 13.8 Å². The van der Waals surface area contributed by atoms with Gasteiger partial charge in [0.05, 0.1) is 23.6 Å². The van der Waals surface area contributed by atoms with E-state index in [-0.39, 0.29) is 18.1 Å². The molecule has 1 heterocycles. The maximum atomic E-state index is 11.1. The average Bonchev–Trinajstić information content (AvgIpc) is 2.17. The van der Waals surface area contributed by atoms with Gasteiger partial charge in [-0.25, -0.2) is 0 Å². The predicted octanol–water partition coefficient (Wildman–Crippen LogP) is 1.40. The summed E-state index contributed by atoms with van der Waals surface area (Å²) in [7, 11) is 0. The molecule has 0 saturated carbocycles. The zero-order valence-electron chi connectivity index (χ0n) is 9.10. The topological polar surface area (TPSA) is 82.3 Å². The first-order valence-corrected chi connectivity index (χ1v) is 4.80. The summed E-state index contributed by atoms with van der Waals surface area (Å²) in [6.45, 7) is 3.63. The molecule has 6 heteroatoms. The van der Waals surface area contributed by atoms with Crippen molar-refractivity contribution in [1.82, 2.24) is 4.98 Å². The van der Waals surface area contributed by atoms with E-state index in [1.807, 2.05) is 0 Å². The summed E-state index contributed by atoms with van der Waals surface area (Å²) < 4.78 is 4.75. The molecule has 0 amide bonds. The van der Waals surface area contributed by atoms with Gasteiger partial charge in [-0.15, -0.1) is 0 Å². The van der Waals surface area contributed by atoms with E-state index in [9.17, 15) is 14.9 Å². The molecule has 86 valence electrons. The molecule has 0 aliphatic rings. The molecular formula is C10H12N2O4. The van der Waals surface area contributed by atoms with Crippen LogP contribution in [0.3, 0.4) is 0 Å². The van der Waals surface area contributed by atoms with E-state index in [0.29, 0.717) is 17.9 Å². The molecule has 0 bridgehead atoms. The van der Waals surface area contributed by atoms with Crippen LogP contribution in [0.4, 0.5) is 5.69 Å². The van der Waals surface area contributed by atoms with Crippen molar-refractivity contribution in [1.29, 1.82) is 0 Å². The highest BCUT2D eigenvalue weighted by Gasteiger charge is 2.13. The van der Waals surface area contributed by atoms with Crippen molar-refractivity contribution < 1.29 is 14.5 Å². The molecule has 1 aromatic heterocycles. The fraction of sp³-hybridized carbons (Fsp3) is 0.400. The standard InChI is InChI=1S/C10H12N2O4/c1-3-16-10(13)5-8-4-7(2)9(6-11-8)12(14)15/h4,6H,3,5H2,1-2H3. The summed E-state index contributed by atoms with van der Waals surface area (Å²) in [4.78, 5) is 25.0. The first-order chi connectivity index (χ1) is 7.54. The van der Waals surface area contributed by atoms with Crippen LogP contribution in [0.15, 0.2) is 12.3 Å². The lowest BCUT2D eigenvalue weighted by Gasteiger charge is -2.02. The third kappa shape index (κ3) is 3.01. The Balaban J connectivity index is 2.81. The van der Waals surface area contributed by atoms with E-state index in [1.165, 1.54) is 6.07 Å². The fourth-order valence-electron chi connectivity index (χ4n) is 1.25. The highest BCUT2D eigenvalue weighted by Crippen LogP contribution is 2.16. The number of nitro groups is 1. The van der Waals surface area contributed by atoms with Gasteiger partial charge in [-0.1, -0.05) is 0 Å². The number of aromatic nitrogens is 1. The molecule has 16 heavy (non-hydrogen) atoms. The van der Waals surface area contributed by atoms with Crippen LogP contribution in [0.1, 0.15) is 18.2 Å². The zero-order valence-corrected chi connectivity index (χ0v) is 9.10. The molecule has 1 rings (SSSR count). The molecule has 1 aromatic rings. The summed E-state index contributed by atoms with van der Waals surface area (Å²) in [5.74, 6) is -0.386. The Morgan fingerprint density at radius 3 is 2.81 bits per heavy atom. The van der Waals surface area contributed by atoms with Crippen LogP contribution in [0.2, 0.25) is 0 Å². The van der Waals surface area contributed by atoms with Crippen LogP contribution in [0, 0.1) is 17.0 Å². The maximum Gasteiger partial charge on any atom is 0.311 e. The van der Waals surface area contributed by atoms with Crippen LogP contribution in [-0.4, -0.2) is 22.5 Å². The summed E-state index contributed by atoms with van der Waals surface area (Å²) in [5, 5.41) is 10.5. The SMILES string of the molecule is CCOC(=O)Cc1cc(C)c([N+](=O)[O-])cn1. The van der Waals surface area contributed by atoms with Gasteiger partial charge < -0.3 is 4.74 Å². The number of ether oxygens (including phenoxy) is 1. The van der Waals surface area contributed by atoms with Gasteiger partial charge in [-0.2, -0.15) is 0 Å². The minimum absolute atomic E-state index is 0.0344. The second-order valence-electron chi connectivity index (χ2n) is 3.20. The highest BCUT2D eigenvalue weighted by molar-refractivity contribution is 5.72. The Morgan fingerprint density at radius 2 is 2.31 bits per heavy atom. The number of nitrogens with zero attached hydrogens (tertiary/aromatic N) is 2. The lowest BCUT2D eigenvalue weighted by molar-refractivity contribution is -0.385. The number of carbonyl (C=O) groups excluding carboxylic acids is 1. The van der Waals surface area contributed by atoms with Gasteiger partial charge in [0.2, 0.25) is 0 Å². The van der Waals surface area contributed by atoms with E-state index < -0.39 is 4.92 Å². The van der Waals surface area contributed by atoms with Crippen LogP contribution >= 0.6 is 0 Å². The van der Waals surface area contributed by atoms with Crippen LogP contribution in [0.5, 0.6) is 0 Å². The lowest BCUT2D eigenvalue weighted by Crippen LogP contribution is -2.09. The molecule has 0 aliphatic carbocycles. The number of aryl methyl sites for hydroxylation is 1. The Labute approximate surface area is 92.4 Å². The van der Waals surface area contributed by atoms with Crippen molar-refractivity contribution in [3.05, 3.63) is 33.6 Å². The second-order valence-corrected chi connectivity index (χ2v) is 3.20. The molecule has 0 saturated heterocycles. The smallest absolute Gasteiger partial charge is 0.311 e. The highest BCUT2D eigenvalue weighted by atomic mass is 16.6. The number of pyridine rings is 1. The van der Waals surface area contributed by atoms with Crippen LogP contribution in [-0.2, 0) is 16.0 Å². The maximum absolute atomic E-state index is 11.1. The van der Waals surface area contributed by atoms with Gasteiger partial charge in [0.25, 0.3) is 5.69 Å². The summed E-state index contributed by atoms with van der Waals surface area (Å²) in [6.07, 6.45) is 1.19. The number of esters is 1. The van der Waals surface area contributed by atoms with Crippen molar-refractivity contribution in [2.75, 3.05) is 6.61 Å². The van der Waals surface area contributed by atoms with Crippen molar-refractivity contribution in [3.8, 4) is 0 Å². The minimum Gasteiger partial charge on any atom is -0.466 e. The van der Waals surface area contributed by atoms with E-state index >= 15 is 0 Å². The number of rotatable bonds is 4. The Hall–Kier alpha value is -1.98. The van der Waals surface area contributed by atoms with Crippen LogP contribution < -0.4 is 0 Å². The molecule has 0 atom stereocenters. The van der Waals surface area contributed by atoms with Gasteiger partial charge in [0.15, 0.2) is 0 Å². The van der Waals surface area contributed by atoms with E-state index in [2.05, 4.69) is 4.98 Å². The molecule has 0 spiro atoms. The molecule has 0 fully saturated rings.